The summed E-state index contributed by atoms with van der Waals surface area (Å²) >= 11 is 7.27. The van der Waals surface area contributed by atoms with E-state index in [-0.39, 0.29) is 12.4 Å². The number of carbonyl (C=O) groups excluding carboxylic acids is 2. The second-order valence-electron chi connectivity index (χ2n) is 5.35. The number of aryl methyl sites for hydroxylation is 2. The molecular weight excluding hydrogens is 380 g/mol. The predicted molar refractivity (Wildman–Crippen MR) is 99.7 cm³/mol. The van der Waals surface area contributed by atoms with Gasteiger partial charge in [0.25, 0.3) is 5.91 Å². The van der Waals surface area contributed by atoms with Gasteiger partial charge in [0.2, 0.25) is 0 Å². The van der Waals surface area contributed by atoms with E-state index in [2.05, 4.69) is 10.5 Å². The fourth-order valence-corrected chi connectivity index (χ4v) is 3.24. The highest BCUT2D eigenvalue weighted by atomic mass is 35.5. The predicted octanol–water partition coefficient (Wildman–Crippen LogP) is 3.37. The molecule has 0 spiro atoms. The fraction of sp³-hybridized carbons (Fsp3) is 0.353. The maximum atomic E-state index is 11.9. The van der Waals surface area contributed by atoms with Gasteiger partial charge in [-0.2, -0.15) is 0 Å². The molecule has 0 bridgehead atoms. The number of ether oxygens (including phenoxy) is 2. The molecule has 0 aliphatic carbocycles. The van der Waals surface area contributed by atoms with Crippen molar-refractivity contribution in [2.45, 2.75) is 19.6 Å². The smallest absolute Gasteiger partial charge is 0.316 e. The number of carbonyl (C=O) groups is 2. The molecule has 26 heavy (non-hydrogen) atoms. The van der Waals surface area contributed by atoms with Crippen LogP contribution >= 0.6 is 23.4 Å². The topological polar surface area (TPSA) is 90.7 Å². The van der Waals surface area contributed by atoms with Crippen LogP contribution in [-0.2, 0) is 20.1 Å². The van der Waals surface area contributed by atoms with Crippen LogP contribution in [0.15, 0.2) is 22.7 Å². The highest BCUT2D eigenvalue weighted by Crippen LogP contribution is 2.27. The maximum absolute atomic E-state index is 11.9. The van der Waals surface area contributed by atoms with Gasteiger partial charge >= 0.3 is 5.97 Å². The minimum atomic E-state index is -0.477. The molecule has 0 fully saturated rings. The normalized spacial score (nSPS) is 10.5. The first-order valence-corrected chi connectivity index (χ1v) is 9.22. The highest BCUT2D eigenvalue weighted by molar-refractivity contribution is 7.99. The molecule has 1 N–H and O–H groups in total. The summed E-state index contributed by atoms with van der Waals surface area (Å²) in [6, 6.07) is 4.83. The molecule has 1 aromatic carbocycles. The summed E-state index contributed by atoms with van der Waals surface area (Å²) in [5, 5.41) is 6.91. The van der Waals surface area contributed by atoms with Crippen molar-refractivity contribution in [2.24, 2.45) is 0 Å². The molecule has 1 heterocycles. The lowest BCUT2D eigenvalue weighted by molar-refractivity contribution is -0.144. The number of nitrogens with one attached hydrogen (secondary N) is 1. The molecule has 7 nitrogen and oxygen atoms in total. The van der Waals surface area contributed by atoms with Gasteiger partial charge in [0.1, 0.15) is 11.5 Å². The summed E-state index contributed by atoms with van der Waals surface area (Å²) in [7, 11) is 1.48. The summed E-state index contributed by atoms with van der Waals surface area (Å²) in [5.41, 5.74) is 2.18. The number of halogens is 1. The molecule has 9 heteroatoms. The van der Waals surface area contributed by atoms with Crippen LogP contribution in [0, 0.1) is 13.8 Å². The number of anilines is 1. The van der Waals surface area contributed by atoms with E-state index in [0.717, 1.165) is 17.0 Å². The second kappa shape index (κ2) is 9.49. The average Bonchev–Trinajstić information content (AvgIpc) is 2.92. The van der Waals surface area contributed by atoms with Crippen molar-refractivity contribution in [1.29, 1.82) is 0 Å². The molecule has 140 valence electrons. The third kappa shape index (κ3) is 5.67. The number of thioether (sulfide) groups is 1. The van der Waals surface area contributed by atoms with Crippen LogP contribution in [-0.4, -0.2) is 36.5 Å². The Morgan fingerprint density at radius 3 is 2.77 bits per heavy atom. The van der Waals surface area contributed by atoms with Gasteiger partial charge in [-0.1, -0.05) is 16.8 Å². The lowest BCUT2D eigenvalue weighted by Gasteiger charge is -2.10. The van der Waals surface area contributed by atoms with Crippen LogP contribution in [0.25, 0.3) is 0 Å². The van der Waals surface area contributed by atoms with E-state index in [0.29, 0.717) is 22.2 Å². The summed E-state index contributed by atoms with van der Waals surface area (Å²) < 4.78 is 15.2. The zero-order chi connectivity index (χ0) is 19.1. The Balaban J connectivity index is 1.75. The standard InChI is InChI=1S/C17H19ClN2O5S/c1-10-13(11(2)25-20-10)8-26-9-17(22)24-7-16(21)19-14-6-12(18)4-5-15(14)23-3/h4-6H,7-9H2,1-3H3,(H,19,21). The fourth-order valence-electron chi connectivity index (χ4n) is 2.10. The lowest BCUT2D eigenvalue weighted by Crippen LogP contribution is -2.22. The molecule has 0 saturated heterocycles. The van der Waals surface area contributed by atoms with Crippen LogP contribution in [0.2, 0.25) is 5.02 Å². The third-order valence-corrected chi connectivity index (χ3v) is 4.62. The van der Waals surface area contributed by atoms with E-state index in [1.807, 2.05) is 13.8 Å². The molecule has 0 radical (unpaired) electrons. The molecule has 2 rings (SSSR count). The van der Waals surface area contributed by atoms with Gasteiger partial charge in [-0.05, 0) is 32.0 Å². The van der Waals surface area contributed by atoms with Crippen molar-refractivity contribution in [2.75, 3.05) is 24.8 Å². The van der Waals surface area contributed by atoms with Crippen molar-refractivity contribution < 1.29 is 23.6 Å². The SMILES string of the molecule is COc1ccc(Cl)cc1NC(=O)COC(=O)CSCc1c(C)noc1C. The van der Waals surface area contributed by atoms with Crippen molar-refractivity contribution in [1.82, 2.24) is 5.16 Å². The Labute approximate surface area is 160 Å². The zero-order valence-corrected chi connectivity index (χ0v) is 16.2. The van der Waals surface area contributed by atoms with E-state index in [1.54, 1.807) is 18.2 Å². The number of aromatic nitrogens is 1. The monoisotopic (exact) mass is 398 g/mol. The first-order valence-electron chi connectivity index (χ1n) is 7.69. The number of rotatable bonds is 8. The third-order valence-electron chi connectivity index (χ3n) is 3.45. The summed E-state index contributed by atoms with van der Waals surface area (Å²) in [4.78, 5) is 23.7. The van der Waals surface area contributed by atoms with E-state index < -0.39 is 11.9 Å². The van der Waals surface area contributed by atoms with Crippen molar-refractivity contribution in [3.63, 3.8) is 0 Å². The average molecular weight is 399 g/mol. The molecule has 0 aliphatic heterocycles. The van der Waals surface area contributed by atoms with Gasteiger partial charge in [-0.15, -0.1) is 11.8 Å². The Kier molecular flexibility index (Phi) is 7.35. The van der Waals surface area contributed by atoms with Crippen molar-refractivity contribution in [3.05, 3.63) is 40.2 Å². The number of methoxy groups -OCH3 is 1. The van der Waals surface area contributed by atoms with Gasteiger partial charge in [0, 0.05) is 16.3 Å². The zero-order valence-electron chi connectivity index (χ0n) is 14.6. The number of hydrogen-bond acceptors (Lipinski definition) is 7. The summed E-state index contributed by atoms with van der Waals surface area (Å²) in [6.45, 7) is 3.28. The van der Waals surface area contributed by atoms with Crippen LogP contribution in [0.5, 0.6) is 5.75 Å². The number of esters is 1. The minimum absolute atomic E-state index is 0.123. The first kappa shape index (κ1) is 20.1. The van der Waals surface area contributed by atoms with Gasteiger partial charge < -0.3 is 19.3 Å². The van der Waals surface area contributed by atoms with E-state index >= 15 is 0 Å². The second-order valence-corrected chi connectivity index (χ2v) is 6.77. The lowest BCUT2D eigenvalue weighted by atomic mass is 10.2. The van der Waals surface area contributed by atoms with Gasteiger partial charge in [-0.25, -0.2) is 0 Å². The van der Waals surface area contributed by atoms with Crippen LogP contribution in [0.1, 0.15) is 17.0 Å². The molecule has 0 aliphatic rings. The minimum Gasteiger partial charge on any atom is -0.495 e. The van der Waals surface area contributed by atoms with Crippen LogP contribution in [0.4, 0.5) is 5.69 Å². The first-order chi connectivity index (χ1) is 12.4. The summed E-state index contributed by atoms with van der Waals surface area (Å²) in [6.07, 6.45) is 0. The number of nitrogens with zero attached hydrogens (tertiary/aromatic N) is 1. The van der Waals surface area contributed by atoms with Gasteiger partial charge in [-0.3, -0.25) is 9.59 Å². The van der Waals surface area contributed by atoms with Crippen LogP contribution < -0.4 is 10.1 Å². The van der Waals surface area contributed by atoms with E-state index in [9.17, 15) is 9.59 Å². The molecule has 0 atom stereocenters. The van der Waals surface area contributed by atoms with Gasteiger partial charge in [0.05, 0.1) is 24.2 Å². The molecule has 1 amide bonds. The summed E-state index contributed by atoms with van der Waals surface area (Å²) in [5.74, 6) is 0.951. The Morgan fingerprint density at radius 1 is 1.35 bits per heavy atom. The molecule has 1 aromatic heterocycles. The highest BCUT2D eigenvalue weighted by Gasteiger charge is 2.13. The van der Waals surface area contributed by atoms with E-state index in [4.69, 9.17) is 25.6 Å². The van der Waals surface area contributed by atoms with Crippen molar-refractivity contribution in [3.8, 4) is 5.75 Å². The van der Waals surface area contributed by atoms with Crippen LogP contribution in [0.3, 0.4) is 0 Å². The Hall–Kier alpha value is -2.19. The number of amides is 1. The number of hydrogen-bond donors (Lipinski definition) is 1. The quantitative estimate of drug-likeness (QED) is 0.681. The van der Waals surface area contributed by atoms with Crippen molar-refractivity contribution >= 4 is 40.9 Å². The maximum Gasteiger partial charge on any atom is 0.316 e. The molecule has 2 aromatic rings. The largest absolute Gasteiger partial charge is 0.495 e. The molecule has 0 saturated carbocycles. The number of benzene rings is 1. The Bertz CT molecular complexity index is 774. The van der Waals surface area contributed by atoms with E-state index in [1.165, 1.54) is 18.9 Å². The Morgan fingerprint density at radius 2 is 2.12 bits per heavy atom. The molecule has 0 unspecified atom stereocenters. The van der Waals surface area contributed by atoms with Gasteiger partial charge in [0.15, 0.2) is 6.61 Å². The molecular formula is C17H19ClN2O5S.